The molecule has 1 aromatic carbocycles. The van der Waals surface area contributed by atoms with E-state index in [0.29, 0.717) is 18.7 Å². The summed E-state index contributed by atoms with van der Waals surface area (Å²) in [5.41, 5.74) is 0.332. The second-order valence-electron chi connectivity index (χ2n) is 4.28. The standard InChI is InChI=1S/C12H15NO5S/c1-18-11-5-4-9(8-10(11)12(14)15)13-6-2-3-7-19(13,16)17/h4-5,8H,2-3,6-7H2,1H3,(H,14,15). The van der Waals surface area contributed by atoms with Crippen molar-refractivity contribution in [2.75, 3.05) is 23.7 Å². The maximum atomic E-state index is 12.0. The Morgan fingerprint density at radius 1 is 1.37 bits per heavy atom. The number of carboxylic acids is 1. The van der Waals surface area contributed by atoms with Crippen molar-refractivity contribution in [3.05, 3.63) is 23.8 Å². The number of aromatic carboxylic acids is 1. The van der Waals surface area contributed by atoms with Crippen molar-refractivity contribution in [1.82, 2.24) is 0 Å². The molecule has 0 bridgehead atoms. The number of anilines is 1. The summed E-state index contributed by atoms with van der Waals surface area (Å²) >= 11 is 0. The Bertz CT molecular complexity index is 596. The quantitative estimate of drug-likeness (QED) is 0.905. The molecule has 0 atom stereocenters. The fraction of sp³-hybridized carbons (Fsp3) is 0.417. The molecule has 0 saturated carbocycles. The van der Waals surface area contributed by atoms with E-state index < -0.39 is 16.0 Å². The molecule has 6 nitrogen and oxygen atoms in total. The topological polar surface area (TPSA) is 83.9 Å². The Labute approximate surface area is 111 Å². The summed E-state index contributed by atoms with van der Waals surface area (Å²) in [5, 5.41) is 9.10. The van der Waals surface area contributed by atoms with Crippen molar-refractivity contribution < 1.29 is 23.1 Å². The van der Waals surface area contributed by atoms with Crippen LogP contribution in [0.2, 0.25) is 0 Å². The maximum Gasteiger partial charge on any atom is 0.339 e. The van der Waals surface area contributed by atoms with Gasteiger partial charge in [-0.25, -0.2) is 13.2 Å². The first-order valence-corrected chi connectivity index (χ1v) is 7.48. The average Bonchev–Trinajstić information content (AvgIpc) is 2.37. The van der Waals surface area contributed by atoms with Gasteiger partial charge >= 0.3 is 5.97 Å². The Morgan fingerprint density at radius 3 is 2.68 bits per heavy atom. The van der Waals surface area contributed by atoms with Crippen LogP contribution in [0.1, 0.15) is 23.2 Å². The zero-order valence-electron chi connectivity index (χ0n) is 10.5. The third-order valence-corrected chi connectivity index (χ3v) is 4.92. The van der Waals surface area contributed by atoms with Gasteiger partial charge in [-0.1, -0.05) is 0 Å². The van der Waals surface area contributed by atoms with Crippen LogP contribution in [-0.2, 0) is 10.0 Å². The van der Waals surface area contributed by atoms with Crippen molar-refractivity contribution in [3.63, 3.8) is 0 Å². The molecule has 0 radical (unpaired) electrons. The number of carboxylic acid groups (broad SMARTS) is 1. The van der Waals surface area contributed by atoms with Crippen molar-refractivity contribution in [3.8, 4) is 5.75 Å². The van der Waals surface area contributed by atoms with Crippen LogP contribution in [0, 0.1) is 0 Å². The lowest BCUT2D eigenvalue weighted by Crippen LogP contribution is -2.37. The summed E-state index contributed by atoms with van der Waals surface area (Å²) in [6.45, 7) is 0.383. The average molecular weight is 285 g/mol. The van der Waals surface area contributed by atoms with Crippen molar-refractivity contribution in [2.45, 2.75) is 12.8 Å². The van der Waals surface area contributed by atoms with E-state index in [0.717, 1.165) is 6.42 Å². The van der Waals surface area contributed by atoms with Crippen LogP contribution in [0.4, 0.5) is 5.69 Å². The third kappa shape index (κ3) is 2.65. The first kappa shape index (κ1) is 13.7. The molecular weight excluding hydrogens is 270 g/mol. The summed E-state index contributed by atoms with van der Waals surface area (Å²) in [6.07, 6.45) is 1.41. The van der Waals surface area contributed by atoms with E-state index in [-0.39, 0.29) is 17.1 Å². The fourth-order valence-corrected chi connectivity index (χ4v) is 3.73. The molecule has 0 aromatic heterocycles. The molecule has 2 rings (SSSR count). The highest BCUT2D eigenvalue weighted by Crippen LogP contribution is 2.28. The largest absolute Gasteiger partial charge is 0.496 e. The van der Waals surface area contributed by atoms with Crippen LogP contribution in [0.15, 0.2) is 18.2 Å². The number of benzene rings is 1. The van der Waals surface area contributed by atoms with Crippen LogP contribution >= 0.6 is 0 Å². The third-order valence-electron chi connectivity index (χ3n) is 3.05. The van der Waals surface area contributed by atoms with Gasteiger partial charge in [-0.2, -0.15) is 0 Å². The maximum absolute atomic E-state index is 12.0. The highest BCUT2D eigenvalue weighted by molar-refractivity contribution is 7.92. The van der Waals surface area contributed by atoms with E-state index in [1.807, 2.05) is 0 Å². The first-order chi connectivity index (χ1) is 8.95. The van der Waals surface area contributed by atoms with Gasteiger partial charge in [0.15, 0.2) is 0 Å². The zero-order chi connectivity index (χ0) is 14.0. The van der Waals surface area contributed by atoms with Crippen LogP contribution < -0.4 is 9.04 Å². The molecule has 1 N–H and O–H groups in total. The van der Waals surface area contributed by atoms with Crippen LogP contribution in [0.25, 0.3) is 0 Å². The number of methoxy groups -OCH3 is 1. The molecule has 0 unspecified atom stereocenters. The minimum absolute atomic E-state index is 0.0410. The summed E-state index contributed by atoms with van der Waals surface area (Å²) in [6, 6.07) is 4.38. The predicted molar refractivity (Wildman–Crippen MR) is 70.3 cm³/mol. The lowest BCUT2D eigenvalue weighted by Gasteiger charge is -2.28. The van der Waals surface area contributed by atoms with Crippen molar-refractivity contribution >= 4 is 21.7 Å². The molecule has 0 aliphatic carbocycles. The molecule has 19 heavy (non-hydrogen) atoms. The lowest BCUT2D eigenvalue weighted by atomic mass is 10.1. The van der Waals surface area contributed by atoms with Crippen LogP contribution in [0.3, 0.4) is 0 Å². The van der Waals surface area contributed by atoms with Crippen molar-refractivity contribution in [1.29, 1.82) is 0 Å². The van der Waals surface area contributed by atoms with Crippen molar-refractivity contribution in [2.24, 2.45) is 0 Å². The molecule has 1 aliphatic rings. The second-order valence-corrected chi connectivity index (χ2v) is 6.30. The lowest BCUT2D eigenvalue weighted by molar-refractivity contribution is 0.0693. The summed E-state index contributed by atoms with van der Waals surface area (Å²) in [4.78, 5) is 11.1. The summed E-state index contributed by atoms with van der Waals surface area (Å²) in [7, 11) is -1.96. The number of carbonyl (C=O) groups is 1. The molecule has 0 spiro atoms. The predicted octanol–water partition coefficient (Wildman–Crippen LogP) is 1.32. The SMILES string of the molecule is COc1ccc(N2CCCCS2(=O)=O)cc1C(=O)O. The van der Waals surface area contributed by atoms with Gasteiger partial charge in [0.1, 0.15) is 11.3 Å². The molecule has 1 heterocycles. The number of nitrogens with zero attached hydrogens (tertiary/aromatic N) is 1. The molecule has 1 fully saturated rings. The van der Waals surface area contributed by atoms with Crippen LogP contribution in [-0.4, -0.2) is 38.9 Å². The zero-order valence-corrected chi connectivity index (χ0v) is 11.3. The molecule has 104 valence electrons. The van der Waals surface area contributed by atoms with E-state index in [1.165, 1.54) is 23.5 Å². The Hall–Kier alpha value is -1.76. The molecular formula is C12H15NO5S. The number of hydrogen-bond acceptors (Lipinski definition) is 4. The van der Waals surface area contributed by atoms with E-state index in [2.05, 4.69) is 0 Å². The van der Waals surface area contributed by atoms with Gasteiger partial charge in [0.05, 0.1) is 18.6 Å². The number of hydrogen-bond donors (Lipinski definition) is 1. The highest BCUT2D eigenvalue weighted by atomic mass is 32.2. The minimum atomic E-state index is -3.34. The summed E-state index contributed by atoms with van der Waals surface area (Å²) in [5.74, 6) is -0.833. The van der Waals surface area contributed by atoms with Gasteiger partial charge in [-0.05, 0) is 31.0 Å². The van der Waals surface area contributed by atoms with Gasteiger partial charge in [0, 0.05) is 6.54 Å². The monoisotopic (exact) mass is 285 g/mol. The number of sulfonamides is 1. The van der Waals surface area contributed by atoms with Gasteiger partial charge < -0.3 is 9.84 Å². The molecule has 1 aromatic rings. The molecule has 1 saturated heterocycles. The summed E-state index contributed by atoms with van der Waals surface area (Å²) < 4.78 is 30.1. The minimum Gasteiger partial charge on any atom is -0.496 e. The number of ether oxygens (including phenoxy) is 1. The van der Waals surface area contributed by atoms with E-state index in [9.17, 15) is 13.2 Å². The molecule has 1 aliphatic heterocycles. The molecule has 7 heteroatoms. The smallest absolute Gasteiger partial charge is 0.339 e. The van der Waals surface area contributed by atoms with Gasteiger partial charge in [-0.15, -0.1) is 0 Å². The number of rotatable bonds is 3. The Kier molecular flexibility index (Phi) is 3.66. The first-order valence-electron chi connectivity index (χ1n) is 5.87. The van der Waals surface area contributed by atoms with Gasteiger partial charge in [-0.3, -0.25) is 4.31 Å². The normalized spacial score (nSPS) is 18.1. The second kappa shape index (κ2) is 5.08. The Balaban J connectivity index is 2.46. The Morgan fingerprint density at radius 2 is 2.11 bits per heavy atom. The highest BCUT2D eigenvalue weighted by Gasteiger charge is 2.27. The molecule has 0 amide bonds. The van der Waals surface area contributed by atoms with Gasteiger partial charge in [0.25, 0.3) is 0 Å². The van der Waals surface area contributed by atoms with E-state index in [1.54, 1.807) is 6.07 Å². The van der Waals surface area contributed by atoms with Gasteiger partial charge in [0.2, 0.25) is 10.0 Å². The van der Waals surface area contributed by atoms with E-state index >= 15 is 0 Å². The van der Waals surface area contributed by atoms with Crippen LogP contribution in [0.5, 0.6) is 5.75 Å². The van der Waals surface area contributed by atoms with E-state index in [4.69, 9.17) is 9.84 Å². The fourth-order valence-electron chi connectivity index (χ4n) is 2.10.